The quantitative estimate of drug-likeness (QED) is 0.884. The Kier molecular flexibility index (Phi) is 4.08. The number of phenolic OH excluding ortho intramolecular Hbond substituents is 1. The molecule has 3 rings (SSSR count). The maximum Gasteiger partial charge on any atom is 0.120 e. The number of hydrogen-bond donors (Lipinski definition) is 2. The minimum atomic E-state index is 0.338. The van der Waals surface area contributed by atoms with Gasteiger partial charge in [0.25, 0.3) is 0 Å². The van der Waals surface area contributed by atoms with Gasteiger partial charge in [0, 0.05) is 27.9 Å². The van der Waals surface area contributed by atoms with Crippen LogP contribution in [0.2, 0.25) is 0 Å². The van der Waals surface area contributed by atoms with Crippen LogP contribution in [0, 0.1) is 0 Å². The zero-order valence-corrected chi connectivity index (χ0v) is 12.7. The predicted octanol–water partition coefficient (Wildman–Crippen LogP) is 4.18. The normalized spacial score (nSPS) is 15.8. The number of aryl methyl sites for hydroxylation is 2. The van der Waals surface area contributed by atoms with Gasteiger partial charge in [0.2, 0.25) is 0 Å². The molecule has 106 valence electrons. The van der Waals surface area contributed by atoms with E-state index in [0.717, 1.165) is 5.56 Å². The second kappa shape index (κ2) is 5.98. The highest BCUT2D eigenvalue weighted by Gasteiger charge is 2.16. The van der Waals surface area contributed by atoms with Crippen molar-refractivity contribution in [1.82, 2.24) is 5.32 Å². The van der Waals surface area contributed by atoms with Gasteiger partial charge in [0.05, 0.1) is 0 Å². The van der Waals surface area contributed by atoms with Crippen LogP contribution in [-0.4, -0.2) is 5.11 Å². The Morgan fingerprint density at radius 1 is 1.25 bits per heavy atom. The first-order chi connectivity index (χ1) is 9.74. The molecular weight excluding hydrogens is 266 g/mol. The van der Waals surface area contributed by atoms with E-state index < -0.39 is 0 Å². The van der Waals surface area contributed by atoms with Crippen LogP contribution in [0.4, 0.5) is 0 Å². The minimum Gasteiger partial charge on any atom is -0.508 e. The van der Waals surface area contributed by atoms with Gasteiger partial charge in [-0.1, -0.05) is 18.2 Å². The monoisotopic (exact) mass is 287 g/mol. The molecule has 0 bridgehead atoms. The van der Waals surface area contributed by atoms with Gasteiger partial charge < -0.3 is 10.4 Å². The standard InChI is InChI=1S/C17H21NOS/c1-12(18-11-14-7-2-4-8-15(14)19)17-10-13-6-3-5-9-16(13)20-17/h2,4,7-8,10,12,18-19H,3,5-6,9,11H2,1H3. The summed E-state index contributed by atoms with van der Waals surface area (Å²) in [6, 6.07) is 10.2. The number of fused-ring (bicyclic) bond motifs is 1. The number of rotatable bonds is 4. The highest BCUT2D eigenvalue weighted by molar-refractivity contribution is 7.12. The molecule has 1 aliphatic carbocycles. The second-order valence-electron chi connectivity index (χ2n) is 5.54. The SMILES string of the molecule is CC(NCc1ccccc1O)c1cc2c(s1)CCCC2. The number of para-hydroxylation sites is 1. The van der Waals surface area contributed by atoms with Crippen molar-refractivity contribution < 1.29 is 5.11 Å². The van der Waals surface area contributed by atoms with Crippen LogP contribution in [0.5, 0.6) is 5.75 Å². The van der Waals surface area contributed by atoms with Crippen LogP contribution in [-0.2, 0) is 19.4 Å². The molecule has 1 unspecified atom stereocenters. The van der Waals surface area contributed by atoms with Gasteiger partial charge in [-0.3, -0.25) is 0 Å². The number of phenols is 1. The summed E-state index contributed by atoms with van der Waals surface area (Å²) in [6.07, 6.45) is 5.18. The largest absolute Gasteiger partial charge is 0.508 e. The van der Waals surface area contributed by atoms with Crippen LogP contribution in [0.1, 0.15) is 46.7 Å². The van der Waals surface area contributed by atoms with Gasteiger partial charge in [-0.25, -0.2) is 0 Å². The first-order valence-corrected chi connectivity index (χ1v) is 8.17. The minimum absolute atomic E-state index is 0.338. The van der Waals surface area contributed by atoms with Crippen LogP contribution < -0.4 is 5.32 Å². The van der Waals surface area contributed by atoms with Gasteiger partial charge in [-0.15, -0.1) is 11.3 Å². The van der Waals surface area contributed by atoms with Crippen LogP contribution >= 0.6 is 11.3 Å². The van der Waals surface area contributed by atoms with Gasteiger partial charge >= 0.3 is 0 Å². The molecule has 2 nitrogen and oxygen atoms in total. The predicted molar refractivity (Wildman–Crippen MR) is 84.3 cm³/mol. The van der Waals surface area contributed by atoms with Gasteiger partial charge in [0.15, 0.2) is 0 Å². The van der Waals surface area contributed by atoms with Crippen molar-refractivity contribution in [2.24, 2.45) is 0 Å². The Morgan fingerprint density at radius 3 is 2.85 bits per heavy atom. The van der Waals surface area contributed by atoms with E-state index in [-0.39, 0.29) is 0 Å². The average molecular weight is 287 g/mol. The van der Waals surface area contributed by atoms with Gasteiger partial charge in [-0.05, 0) is 50.3 Å². The summed E-state index contributed by atoms with van der Waals surface area (Å²) in [6.45, 7) is 2.91. The maximum absolute atomic E-state index is 9.79. The molecule has 3 heteroatoms. The Balaban J connectivity index is 1.66. The average Bonchev–Trinajstić information content (AvgIpc) is 2.90. The molecule has 1 aliphatic rings. The summed E-state index contributed by atoms with van der Waals surface area (Å²) in [5.74, 6) is 0.373. The van der Waals surface area contributed by atoms with Crippen molar-refractivity contribution in [3.8, 4) is 5.75 Å². The van der Waals surface area contributed by atoms with E-state index in [1.807, 2.05) is 29.5 Å². The Morgan fingerprint density at radius 2 is 2.05 bits per heavy atom. The Bertz CT molecular complexity index is 567. The third-order valence-corrected chi connectivity index (χ3v) is 5.45. The van der Waals surface area contributed by atoms with Crippen LogP contribution in [0.3, 0.4) is 0 Å². The molecule has 0 saturated heterocycles. The molecule has 1 heterocycles. The molecule has 2 N–H and O–H groups in total. The number of aromatic hydroxyl groups is 1. The molecule has 0 spiro atoms. The van der Waals surface area contributed by atoms with Crippen molar-refractivity contribution >= 4 is 11.3 Å². The van der Waals surface area contributed by atoms with Crippen molar-refractivity contribution in [3.05, 3.63) is 51.2 Å². The van der Waals surface area contributed by atoms with Gasteiger partial charge in [0.1, 0.15) is 5.75 Å². The molecule has 0 saturated carbocycles. The fourth-order valence-corrected chi connectivity index (χ4v) is 4.04. The summed E-state index contributed by atoms with van der Waals surface area (Å²) in [4.78, 5) is 3.01. The first kappa shape index (κ1) is 13.7. The first-order valence-electron chi connectivity index (χ1n) is 7.36. The number of hydrogen-bond acceptors (Lipinski definition) is 3. The van der Waals surface area contributed by atoms with Gasteiger partial charge in [-0.2, -0.15) is 0 Å². The van der Waals surface area contributed by atoms with E-state index in [1.165, 1.54) is 30.6 Å². The highest BCUT2D eigenvalue weighted by atomic mass is 32.1. The molecular formula is C17H21NOS. The fraction of sp³-hybridized carbons (Fsp3) is 0.412. The smallest absolute Gasteiger partial charge is 0.120 e. The lowest BCUT2D eigenvalue weighted by molar-refractivity contribution is 0.461. The Hall–Kier alpha value is -1.32. The number of nitrogens with one attached hydrogen (secondary N) is 1. The van der Waals surface area contributed by atoms with Crippen molar-refractivity contribution in [1.29, 1.82) is 0 Å². The number of benzene rings is 1. The summed E-state index contributed by atoms with van der Waals surface area (Å²) in [7, 11) is 0. The lowest BCUT2D eigenvalue weighted by Gasteiger charge is -2.12. The topological polar surface area (TPSA) is 32.3 Å². The van der Waals surface area contributed by atoms with Crippen molar-refractivity contribution in [2.45, 2.75) is 45.2 Å². The van der Waals surface area contributed by atoms with E-state index in [4.69, 9.17) is 0 Å². The molecule has 0 aliphatic heterocycles. The summed E-state index contributed by atoms with van der Waals surface area (Å²) in [5.41, 5.74) is 2.52. The maximum atomic E-state index is 9.79. The fourth-order valence-electron chi connectivity index (χ4n) is 2.75. The molecule has 20 heavy (non-hydrogen) atoms. The third-order valence-electron chi connectivity index (χ3n) is 4.03. The molecule has 1 aromatic carbocycles. The van der Waals surface area contributed by atoms with E-state index in [0.29, 0.717) is 18.3 Å². The molecule has 0 radical (unpaired) electrons. The van der Waals surface area contributed by atoms with E-state index in [2.05, 4.69) is 18.3 Å². The molecule has 1 atom stereocenters. The van der Waals surface area contributed by atoms with E-state index >= 15 is 0 Å². The van der Waals surface area contributed by atoms with Crippen LogP contribution in [0.15, 0.2) is 30.3 Å². The highest BCUT2D eigenvalue weighted by Crippen LogP contribution is 2.33. The van der Waals surface area contributed by atoms with Crippen LogP contribution in [0.25, 0.3) is 0 Å². The molecule has 2 aromatic rings. The summed E-state index contributed by atoms with van der Waals surface area (Å²) in [5, 5.41) is 13.3. The lowest BCUT2D eigenvalue weighted by atomic mass is 9.99. The van der Waals surface area contributed by atoms with E-state index in [9.17, 15) is 5.11 Å². The molecule has 1 aromatic heterocycles. The third kappa shape index (κ3) is 2.89. The molecule has 0 amide bonds. The summed E-state index contributed by atoms with van der Waals surface area (Å²) >= 11 is 1.96. The zero-order chi connectivity index (χ0) is 13.9. The summed E-state index contributed by atoms with van der Waals surface area (Å²) < 4.78 is 0. The Labute approximate surface area is 124 Å². The number of thiophene rings is 1. The zero-order valence-electron chi connectivity index (χ0n) is 11.9. The second-order valence-corrected chi connectivity index (χ2v) is 6.70. The van der Waals surface area contributed by atoms with E-state index in [1.54, 1.807) is 16.5 Å². The van der Waals surface area contributed by atoms with Crippen molar-refractivity contribution in [3.63, 3.8) is 0 Å². The van der Waals surface area contributed by atoms with Crippen molar-refractivity contribution in [2.75, 3.05) is 0 Å². The lowest BCUT2D eigenvalue weighted by Crippen LogP contribution is -2.17. The molecule has 0 fully saturated rings.